The summed E-state index contributed by atoms with van der Waals surface area (Å²) in [7, 11) is 0. The molecule has 108 valence electrons. The van der Waals surface area contributed by atoms with Gasteiger partial charge in [-0.15, -0.1) is 0 Å². The highest BCUT2D eigenvalue weighted by Crippen LogP contribution is 2.44. The van der Waals surface area contributed by atoms with E-state index in [1.807, 2.05) is 0 Å². The third kappa shape index (κ3) is 1.82. The molecule has 0 bridgehead atoms. The zero-order valence-corrected chi connectivity index (χ0v) is 11.5. The van der Waals surface area contributed by atoms with Crippen LogP contribution in [0.4, 0.5) is 8.78 Å². The Morgan fingerprint density at radius 1 is 1.50 bits per heavy atom. The van der Waals surface area contributed by atoms with Crippen LogP contribution in [-0.2, 0) is 20.5 Å². The number of hydrogen-bond donors (Lipinski definition) is 1. The number of pyridine rings is 1. The van der Waals surface area contributed by atoms with Crippen LogP contribution in [0.5, 0.6) is 0 Å². The van der Waals surface area contributed by atoms with Crippen molar-refractivity contribution in [3.63, 3.8) is 0 Å². The number of rotatable bonds is 2. The Balaban J connectivity index is 2.17. The van der Waals surface area contributed by atoms with E-state index < -0.39 is 29.7 Å². The molecular formula is C13H13ClF2N2O2. The molecule has 1 spiro atoms. The monoisotopic (exact) mass is 302 g/mol. The van der Waals surface area contributed by atoms with E-state index in [2.05, 4.69) is 10.3 Å². The van der Waals surface area contributed by atoms with Crippen molar-refractivity contribution in [3.8, 4) is 0 Å². The molecule has 1 saturated heterocycles. The number of alkyl halides is 2. The molecule has 0 saturated carbocycles. The number of nitrogens with one attached hydrogen (secondary N) is 1. The minimum Gasteiger partial charge on any atom is -0.376 e. The predicted octanol–water partition coefficient (Wildman–Crippen LogP) is 2.00. The largest absolute Gasteiger partial charge is 0.376 e. The van der Waals surface area contributed by atoms with Gasteiger partial charge in [-0.3, -0.25) is 4.79 Å². The van der Waals surface area contributed by atoms with Crippen molar-refractivity contribution in [2.24, 2.45) is 0 Å². The summed E-state index contributed by atoms with van der Waals surface area (Å²) in [4.78, 5) is 16.5. The number of amides is 1. The quantitative estimate of drug-likeness (QED) is 0.850. The van der Waals surface area contributed by atoms with Gasteiger partial charge in [0.15, 0.2) is 0 Å². The molecule has 20 heavy (non-hydrogen) atoms. The Bertz CT molecular complexity index is 577. The maximum Gasteiger partial charge on any atom is 0.240 e. The molecule has 0 aliphatic carbocycles. The Morgan fingerprint density at radius 3 is 2.75 bits per heavy atom. The van der Waals surface area contributed by atoms with Gasteiger partial charge in [0.2, 0.25) is 12.3 Å². The number of ether oxygens (including phenoxy) is 1. The molecule has 1 unspecified atom stereocenters. The maximum atomic E-state index is 12.9. The van der Waals surface area contributed by atoms with E-state index in [9.17, 15) is 13.6 Å². The molecule has 7 heteroatoms. The molecule has 2 aliphatic heterocycles. The van der Waals surface area contributed by atoms with Crippen LogP contribution in [0.15, 0.2) is 12.1 Å². The summed E-state index contributed by atoms with van der Waals surface area (Å²) < 4.78 is 30.9. The van der Waals surface area contributed by atoms with Crippen molar-refractivity contribution in [1.29, 1.82) is 0 Å². The highest BCUT2D eigenvalue weighted by Gasteiger charge is 2.55. The molecule has 2 aliphatic rings. The van der Waals surface area contributed by atoms with E-state index in [-0.39, 0.29) is 5.15 Å². The molecule has 0 aromatic carbocycles. The molecule has 1 fully saturated rings. The molecule has 1 atom stereocenters. The lowest BCUT2D eigenvalue weighted by Gasteiger charge is -2.49. The summed E-state index contributed by atoms with van der Waals surface area (Å²) in [6.45, 7) is 2.11. The molecule has 4 nitrogen and oxygen atoms in total. The van der Waals surface area contributed by atoms with Crippen molar-refractivity contribution >= 4 is 17.5 Å². The third-order valence-electron chi connectivity index (χ3n) is 4.01. The fourth-order valence-electron chi connectivity index (χ4n) is 2.80. The third-order valence-corrected chi connectivity index (χ3v) is 4.22. The number of aromatic nitrogens is 1. The summed E-state index contributed by atoms with van der Waals surface area (Å²) in [6.07, 6.45) is -3.19. The van der Waals surface area contributed by atoms with Gasteiger partial charge in [0.05, 0.1) is 24.3 Å². The first kappa shape index (κ1) is 13.7. The van der Waals surface area contributed by atoms with Crippen molar-refractivity contribution < 1.29 is 18.3 Å². The number of carbonyl (C=O) groups excluding carboxylic acids is 1. The SMILES string of the molecule is CC1(CC(F)F)C(=O)NC2(COC2)c2ccc(Cl)nc21. The van der Waals surface area contributed by atoms with E-state index in [1.165, 1.54) is 6.92 Å². The Kier molecular flexibility index (Phi) is 2.99. The molecule has 0 radical (unpaired) electrons. The van der Waals surface area contributed by atoms with E-state index in [0.29, 0.717) is 18.9 Å². The Labute approximate surface area is 119 Å². The number of halogens is 3. The average Bonchev–Trinajstić information content (AvgIpc) is 2.31. The highest BCUT2D eigenvalue weighted by atomic mass is 35.5. The van der Waals surface area contributed by atoms with Gasteiger partial charge in [0, 0.05) is 12.0 Å². The van der Waals surface area contributed by atoms with Gasteiger partial charge in [0.25, 0.3) is 0 Å². The van der Waals surface area contributed by atoms with Gasteiger partial charge in [-0.1, -0.05) is 17.7 Å². The molecule has 1 N–H and O–H groups in total. The first-order chi connectivity index (χ1) is 9.37. The second kappa shape index (κ2) is 4.36. The van der Waals surface area contributed by atoms with Crippen LogP contribution >= 0.6 is 11.6 Å². The number of fused-ring (bicyclic) bond motifs is 2. The number of nitrogens with zero attached hydrogens (tertiary/aromatic N) is 1. The van der Waals surface area contributed by atoms with Gasteiger partial charge in [-0.2, -0.15) is 0 Å². The van der Waals surface area contributed by atoms with Crippen LogP contribution in [0.3, 0.4) is 0 Å². The number of hydrogen-bond acceptors (Lipinski definition) is 3. The van der Waals surface area contributed by atoms with Crippen LogP contribution in [0.25, 0.3) is 0 Å². The lowest BCUT2D eigenvalue weighted by Crippen LogP contribution is -2.67. The average molecular weight is 303 g/mol. The molecular weight excluding hydrogens is 290 g/mol. The lowest BCUT2D eigenvalue weighted by molar-refractivity contribution is -0.144. The Hall–Kier alpha value is -1.27. The fourth-order valence-corrected chi connectivity index (χ4v) is 2.95. The first-order valence-electron chi connectivity index (χ1n) is 6.23. The summed E-state index contributed by atoms with van der Waals surface area (Å²) >= 11 is 5.88. The second-order valence-electron chi connectivity index (χ2n) is 5.49. The first-order valence-corrected chi connectivity index (χ1v) is 6.61. The van der Waals surface area contributed by atoms with Crippen molar-refractivity contribution in [3.05, 3.63) is 28.5 Å². The van der Waals surface area contributed by atoms with E-state index >= 15 is 0 Å². The molecule has 1 amide bonds. The second-order valence-corrected chi connectivity index (χ2v) is 5.87. The maximum absolute atomic E-state index is 12.9. The lowest BCUT2D eigenvalue weighted by atomic mass is 9.70. The van der Waals surface area contributed by atoms with Crippen LogP contribution < -0.4 is 5.32 Å². The molecule has 3 heterocycles. The van der Waals surface area contributed by atoms with Crippen molar-refractivity contribution in [2.45, 2.75) is 30.7 Å². The van der Waals surface area contributed by atoms with Crippen LogP contribution in [-0.4, -0.2) is 30.5 Å². The molecule has 1 aromatic rings. The summed E-state index contributed by atoms with van der Waals surface area (Å²) in [5, 5.41) is 3.01. The van der Waals surface area contributed by atoms with Crippen LogP contribution in [0.1, 0.15) is 24.6 Å². The minimum atomic E-state index is -2.61. The minimum absolute atomic E-state index is 0.189. The van der Waals surface area contributed by atoms with Crippen LogP contribution in [0, 0.1) is 0 Å². The fraction of sp³-hybridized carbons (Fsp3) is 0.538. The summed E-state index contributed by atoms with van der Waals surface area (Å²) in [5.74, 6) is -0.455. The van der Waals surface area contributed by atoms with Crippen molar-refractivity contribution in [1.82, 2.24) is 10.3 Å². The van der Waals surface area contributed by atoms with Gasteiger partial charge in [-0.25, -0.2) is 13.8 Å². The normalized spacial score (nSPS) is 27.1. The van der Waals surface area contributed by atoms with Crippen molar-refractivity contribution in [2.75, 3.05) is 13.2 Å². The zero-order chi connectivity index (χ0) is 14.5. The molecule has 1 aromatic heterocycles. The van der Waals surface area contributed by atoms with Crippen LogP contribution in [0.2, 0.25) is 5.15 Å². The van der Waals surface area contributed by atoms with Gasteiger partial charge in [-0.05, 0) is 13.0 Å². The van der Waals surface area contributed by atoms with Gasteiger partial charge < -0.3 is 10.1 Å². The van der Waals surface area contributed by atoms with E-state index in [1.54, 1.807) is 12.1 Å². The molecule has 3 rings (SSSR count). The van der Waals surface area contributed by atoms with Gasteiger partial charge >= 0.3 is 0 Å². The predicted molar refractivity (Wildman–Crippen MR) is 67.9 cm³/mol. The zero-order valence-electron chi connectivity index (χ0n) is 10.8. The van der Waals surface area contributed by atoms with E-state index in [4.69, 9.17) is 16.3 Å². The highest BCUT2D eigenvalue weighted by molar-refractivity contribution is 6.29. The smallest absolute Gasteiger partial charge is 0.240 e. The Morgan fingerprint density at radius 2 is 2.20 bits per heavy atom. The summed E-state index contributed by atoms with van der Waals surface area (Å²) in [6, 6.07) is 3.33. The number of carbonyl (C=O) groups is 1. The van der Waals surface area contributed by atoms with E-state index in [0.717, 1.165) is 5.56 Å². The van der Waals surface area contributed by atoms with Gasteiger partial charge in [0.1, 0.15) is 10.7 Å². The standard InChI is InChI=1S/C13H13ClF2N2O2/c1-12(4-9(15)16)10-7(2-3-8(14)17-10)13(5-20-6-13)18-11(12)19/h2-3,9H,4-6H2,1H3,(H,18,19). The topological polar surface area (TPSA) is 51.2 Å². The summed E-state index contributed by atoms with van der Waals surface area (Å²) in [5.41, 5.74) is -0.978.